The standard InChI is InChI=1S/C19H33N3O/c1-17(2)22-12-10-21(11-13-22)16-18-7-5-8-19(15-18)23-14-6-9-20(3)4/h5,7-8,15,17H,6,9-14,16H2,1-4H3. The molecule has 1 aromatic rings. The van der Waals surface area contributed by atoms with Gasteiger partial charge in [0.2, 0.25) is 0 Å². The molecule has 1 aromatic carbocycles. The predicted octanol–water partition coefficient (Wildman–Crippen LogP) is 2.54. The fraction of sp³-hybridized carbons (Fsp3) is 0.684. The average Bonchev–Trinajstić information content (AvgIpc) is 2.52. The van der Waals surface area contributed by atoms with Crippen LogP contribution in [0.25, 0.3) is 0 Å². The SMILES string of the molecule is CC(C)N1CCN(Cc2cccc(OCCCN(C)C)c2)CC1. The van der Waals surface area contributed by atoms with Crippen LogP contribution in [0.2, 0.25) is 0 Å². The van der Waals surface area contributed by atoms with E-state index < -0.39 is 0 Å². The topological polar surface area (TPSA) is 19.0 Å². The molecule has 0 aromatic heterocycles. The van der Waals surface area contributed by atoms with Gasteiger partial charge in [-0.3, -0.25) is 9.80 Å². The zero-order valence-corrected chi connectivity index (χ0v) is 15.3. The second-order valence-electron chi connectivity index (χ2n) is 7.06. The summed E-state index contributed by atoms with van der Waals surface area (Å²) in [6.45, 7) is 12.1. The summed E-state index contributed by atoms with van der Waals surface area (Å²) in [5, 5.41) is 0. The molecule has 0 radical (unpaired) electrons. The molecule has 0 saturated carbocycles. The molecular formula is C19H33N3O. The maximum Gasteiger partial charge on any atom is 0.119 e. The first-order valence-electron chi connectivity index (χ1n) is 8.87. The highest BCUT2D eigenvalue weighted by atomic mass is 16.5. The minimum atomic E-state index is 0.663. The van der Waals surface area contributed by atoms with Crippen molar-refractivity contribution in [3.05, 3.63) is 29.8 Å². The monoisotopic (exact) mass is 319 g/mol. The summed E-state index contributed by atoms with van der Waals surface area (Å²) in [7, 11) is 4.19. The van der Waals surface area contributed by atoms with Crippen molar-refractivity contribution < 1.29 is 4.74 Å². The third-order valence-electron chi connectivity index (χ3n) is 4.46. The highest BCUT2D eigenvalue weighted by Gasteiger charge is 2.18. The predicted molar refractivity (Wildman–Crippen MR) is 97.1 cm³/mol. The second-order valence-corrected chi connectivity index (χ2v) is 7.06. The summed E-state index contributed by atoms with van der Waals surface area (Å²) < 4.78 is 5.88. The molecule has 0 unspecified atom stereocenters. The Morgan fingerprint density at radius 2 is 1.87 bits per heavy atom. The maximum atomic E-state index is 5.88. The molecule has 0 aliphatic carbocycles. The van der Waals surface area contributed by atoms with Crippen molar-refractivity contribution in [3.8, 4) is 5.75 Å². The summed E-state index contributed by atoms with van der Waals surface area (Å²) in [5.41, 5.74) is 1.35. The largest absolute Gasteiger partial charge is 0.494 e. The molecule has 0 amide bonds. The average molecular weight is 319 g/mol. The van der Waals surface area contributed by atoms with Gasteiger partial charge in [0.15, 0.2) is 0 Å². The summed E-state index contributed by atoms with van der Waals surface area (Å²) in [4.78, 5) is 7.29. The van der Waals surface area contributed by atoms with Crippen LogP contribution in [0.1, 0.15) is 25.8 Å². The van der Waals surface area contributed by atoms with Crippen LogP contribution in [-0.2, 0) is 6.54 Å². The highest BCUT2D eigenvalue weighted by molar-refractivity contribution is 5.28. The van der Waals surface area contributed by atoms with Crippen LogP contribution < -0.4 is 4.74 Å². The summed E-state index contributed by atoms with van der Waals surface area (Å²) in [6, 6.07) is 9.25. The van der Waals surface area contributed by atoms with E-state index >= 15 is 0 Å². The summed E-state index contributed by atoms with van der Waals surface area (Å²) in [6.07, 6.45) is 1.06. The van der Waals surface area contributed by atoms with Crippen molar-refractivity contribution in [2.24, 2.45) is 0 Å². The molecule has 0 N–H and O–H groups in total. The van der Waals surface area contributed by atoms with E-state index in [0.717, 1.165) is 45.0 Å². The van der Waals surface area contributed by atoms with Gasteiger partial charge in [0.05, 0.1) is 6.61 Å². The van der Waals surface area contributed by atoms with Crippen LogP contribution in [0.4, 0.5) is 0 Å². The molecule has 2 rings (SSSR count). The number of piperazine rings is 1. The Balaban J connectivity index is 1.76. The number of nitrogens with zero attached hydrogens (tertiary/aromatic N) is 3. The van der Waals surface area contributed by atoms with Gasteiger partial charge < -0.3 is 9.64 Å². The van der Waals surface area contributed by atoms with Gasteiger partial charge in [0.25, 0.3) is 0 Å². The molecule has 1 aliphatic rings. The third-order valence-corrected chi connectivity index (χ3v) is 4.46. The van der Waals surface area contributed by atoms with E-state index in [1.807, 2.05) is 0 Å². The lowest BCUT2D eigenvalue weighted by Crippen LogP contribution is -2.48. The molecule has 0 spiro atoms. The van der Waals surface area contributed by atoms with E-state index in [9.17, 15) is 0 Å². The molecule has 0 atom stereocenters. The smallest absolute Gasteiger partial charge is 0.119 e. The minimum absolute atomic E-state index is 0.663. The van der Waals surface area contributed by atoms with Gasteiger partial charge in [-0.05, 0) is 52.1 Å². The fourth-order valence-electron chi connectivity index (χ4n) is 3.00. The molecule has 130 valence electrons. The number of benzene rings is 1. The Morgan fingerprint density at radius 1 is 1.13 bits per heavy atom. The van der Waals surface area contributed by atoms with Crippen LogP contribution in [0.15, 0.2) is 24.3 Å². The van der Waals surface area contributed by atoms with Gasteiger partial charge in [-0.2, -0.15) is 0 Å². The first kappa shape index (κ1) is 18.2. The van der Waals surface area contributed by atoms with Crippen molar-refractivity contribution in [2.75, 3.05) is 53.4 Å². The van der Waals surface area contributed by atoms with Crippen LogP contribution >= 0.6 is 0 Å². The molecule has 1 aliphatic heterocycles. The number of hydrogen-bond acceptors (Lipinski definition) is 4. The lowest BCUT2D eigenvalue weighted by molar-refractivity contribution is 0.104. The maximum absolute atomic E-state index is 5.88. The normalized spacial score (nSPS) is 17.1. The van der Waals surface area contributed by atoms with Crippen molar-refractivity contribution >= 4 is 0 Å². The summed E-state index contributed by atoms with van der Waals surface area (Å²) in [5.74, 6) is 1.00. The number of rotatable bonds is 8. The molecule has 1 heterocycles. The molecule has 4 heteroatoms. The molecule has 0 bridgehead atoms. The van der Waals surface area contributed by atoms with E-state index in [1.54, 1.807) is 0 Å². The van der Waals surface area contributed by atoms with Crippen molar-refractivity contribution in [3.63, 3.8) is 0 Å². The molecular weight excluding hydrogens is 286 g/mol. The van der Waals surface area contributed by atoms with E-state index in [2.05, 4.69) is 66.9 Å². The van der Waals surface area contributed by atoms with Gasteiger partial charge in [-0.15, -0.1) is 0 Å². The van der Waals surface area contributed by atoms with Crippen molar-refractivity contribution in [1.29, 1.82) is 0 Å². The lowest BCUT2D eigenvalue weighted by Gasteiger charge is -2.36. The van der Waals surface area contributed by atoms with Gasteiger partial charge in [0, 0.05) is 45.3 Å². The summed E-state index contributed by atoms with van der Waals surface area (Å²) >= 11 is 0. The molecule has 4 nitrogen and oxygen atoms in total. The van der Waals surface area contributed by atoms with Crippen LogP contribution in [0.5, 0.6) is 5.75 Å². The van der Waals surface area contributed by atoms with E-state index in [-0.39, 0.29) is 0 Å². The van der Waals surface area contributed by atoms with Crippen molar-refractivity contribution in [2.45, 2.75) is 32.9 Å². The van der Waals surface area contributed by atoms with Crippen LogP contribution in [0.3, 0.4) is 0 Å². The van der Waals surface area contributed by atoms with E-state index in [4.69, 9.17) is 4.74 Å². The Labute approximate surface area is 142 Å². The van der Waals surface area contributed by atoms with E-state index in [1.165, 1.54) is 18.7 Å². The molecule has 1 fully saturated rings. The zero-order chi connectivity index (χ0) is 16.7. The fourth-order valence-corrected chi connectivity index (χ4v) is 3.00. The van der Waals surface area contributed by atoms with Crippen LogP contribution in [0, 0.1) is 0 Å². The lowest BCUT2D eigenvalue weighted by atomic mass is 10.1. The van der Waals surface area contributed by atoms with Crippen molar-refractivity contribution in [1.82, 2.24) is 14.7 Å². The Morgan fingerprint density at radius 3 is 2.52 bits per heavy atom. The van der Waals surface area contributed by atoms with Gasteiger partial charge in [-0.25, -0.2) is 0 Å². The minimum Gasteiger partial charge on any atom is -0.494 e. The first-order chi connectivity index (χ1) is 11.0. The highest BCUT2D eigenvalue weighted by Crippen LogP contribution is 2.16. The molecule has 1 saturated heterocycles. The van der Waals surface area contributed by atoms with Gasteiger partial charge in [0.1, 0.15) is 5.75 Å². The molecule has 23 heavy (non-hydrogen) atoms. The third kappa shape index (κ3) is 6.50. The Hall–Kier alpha value is -1.10. The second kappa shape index (κ2) is 9.26. The van der Waals surface area contributed by atoms with Gasteiger partial charge in [-0.1, -0.05) is 12.1 Å². The van der Waals surface area contributed by atoms with Crippen LogP contribution in [-0.4, -0.2) is 74.2 Å². The number of ether oxygens (including phenoxy) is 1. The zero-order valence-electron chi connectivity index (χ0n) is 15.3. The number of hydrogen-bond donors (Lipinski definition) is 0. The quantitative estimate of drug-likeness (QED) is 0.685. The first-order valence-corrected chi connectivity index (χ1v) is 8.87. The Kier molecular flexibility index (Phi) is 7.34. The van der Waals surface area contributed by atoms with Gasteiger partial charge >= 0.3 is 0 Å². The van der Waals surface area contributed by atoms with E-state index in [0.29, 0.717) is 6.04 Å². The Bertz CT molecular complexity index is 454.